The maximum absolute atomic E-state index is 6.24. The van der Waals surface area contributed by atoms with Crippen LogP contribution < -0.4 is 0 Å². The Hall–Kier alpha value is -0.523. The number of hydrogen-bond donors (Lipinski definition) is 0. The Kier molecular flexibility index (Phi) is 5.90. The SMILES string of the molecule is C#CC(CO[Si](C)(C)C(C)(C)C)C(C)(C)CC=C. The van der Waals surface area contributed by atoms with Gasteiger partial charge in [0.15, 0.2) is 8.32 Å². The van der Waals surface area contributed by atoms with E-state index in [1.54, 1.807) is 0 Å². The molecule has 0 amide bonds. The lowest BCUT2D eigenvalue weighted by molar-refractivity contribution is 0.165. The fraction of sp³-hybridized carbons (Fsp3) is 0.750. The standard InChI is InChI=1S/C16H30OSi/c1-10-12-16(6,7)14(11-2)13-17-18(8,9)15(3,4)5/h2,10,14H,1,12-13H2,3-9H3. The van der Waals surface area contributed by atoms with Gasteiger partial charge in [0, 0.05) is 12.5 Å². The predicted octanol–water partition coefficient (Wildman–Crippen LogP) is 4.86. The zero-order chi connectivity index (χ0) is 14.6. The van der Waals surface area contributed by atoms with Crippen LogP contribution >= 0.6 is 0 Å². The van der Waals surface area contributed by atoms with Crippen LogP contribution in [0.1, 0.15) is 41.0 Å². The number of allylic oxidation sites excluding steroid dienone is 1. The van der Waals surface area contributed by atoms with Gasteiger partial charge in [-0.1, -0.05) is 40.7 Å². The second-order valence-electron chi connectivity index (χ2n) is 7.27. The minimum atomic E-state index is -1.71. The van der Waals surface area contributed by atoms with Gasteiger partial charge >= 0.3 is 0 Å². The molecule has 0 aromatic rings. The molecule has 1 nitrogen and oxygen atoms in total. The van der Waals surface area contributed by atoms with Gasteiger partial charge in [0.1, 0.15) is 0 Å². The highest BCUT2D eigenvalue weighted by molar-refractivity contribution is 6.74. The van der Waals surface area contributed by atoms with Crippen LogP contribution in [-0.2, 0) is 4.43 Å². The molecule has 0 aliphatic rings. The summed E-state index contributed by atoms with van der Waals surface area (Å²) in [7, 11) is -1.71. The molecule has 0 saturated heterocycles. The van der Waals surface area contributed by atoms with E-state index in [2.05, 4.69) is 60.2 Å². The van der Waals surface area contributed by atoms with Crippen molar-refractivity contribution in [3.8, 4) is 12.3 Å². The fourth-order valence-electron chi connectivity index (χ4n) is 1.52. The lowest BCUT2D eigenvalue weighted by Crippen LogP contribution is -2.43. The molecule has 0 aliphatic carbocycles. The van der Waals surface area contributed by atoms with Crippen molar-refractivity contribution in [1.29, 1.82) is 0 Å². The quantitative estimate of drug-likeness (QED) is 0.379. The van der Waals surface area contributed by atoms with E-state index in [1.807, 2.05) is 6.08 Å². The summed E-state index contributed by atoms with van der Waals surface area (Å²) < 4.78 is 6.24. The van der Waals surface area contributed by atoms with Gasteiger partial charge in [-0.15, -0.1) is 18.9 Å². The minimum absolute atomic E-state index is 0.0544. The Morgan fingerprint density at radius 2 is 1.78 bits per heavy atom. The van der Waals surface area contributed by atoms with Gasteiger partial charge in [-0.25, -0.2) is 0 Å². The van der Waals surface area contributed by atoms with Gasteiger partial charge in [-0.3, -0.25) is 0 Å². The lowest BCUT2D eigenvalue weighted by atomic mass is 9.77. The van der Waals surface area contributed by atoms with Crippen LogP contribution in [0.2, 0.25) is 18.1 Å². The van der Waals surface area contributed by atoms with Crippen LogP contribution in [0.15, 0.2) is 12.7 Å². The second kappa shape index (κ2) is 6.08. The smallest absolute Gasteiger partial charge is 0.192 e. The molecule has 18 heavy (non-hydrogen) atoms. The number of terminal acetylenes is 1. The minimum Gasteiger partial charge on any atom is -0.416 e. The molecule has 0 spiro atoms. The summed E-state index contributed by atoms with van der Waals surface area (Å²) in [6.07, 6.45) is 8.54. The van der Waals surface area contributed by atoms with Gasteiger partial charge in [0.05, 0.1) is 0 Å². The van der Waals surface area contributed by atoms with E-state index >= 15 is 0 Å². The Balaban J connectivity index is 4.70. The van der Waals surface area contributed by atoms with Gasteiger partial charge in [0.25, 0.3) is 0 Å². The molecule has 0 bridgehead atoms. The van der Waals surface area contributed by atoms with E-state index in [0.29, 0.717) is 6.61 Å². The van der Waals surface area contributed by atoms with Gasteiger partial charge < -0.3 is 4.43 Å². The molecule has 2 heteroatoms. The Labute approximate surface area is 115 Å². The van der Waals surface area contributed by atoms with Crippen molar-refractivity contribution in [2.45, 2.75) is 59.2 Å². The molecule has 0 aromatic heterocycles. The van der Waals surface area contributed by atoms with Gasteiger partial charge in [-0.2, -0.15) is 0 Å². The average molecular weight is 267 g/mol. The number of rotatable bonds is 6. The molecule has 1 atom stereocenters. The first-order valence-corrected chi connectivity index (χ1v) is 9.60. The zero-order valence-corrected chi connectivity index (χ0v) is 14.3. The molecular weight excluding hydrogens is 236 g/mol. The molecular formula is C16H30OSi. The van der Waals surface area contributed by atoms with Crippen LogP contribution in [-0.4, -0.2) is 14.9 Å². The summed E-state index contributed by atoms with van der Waals surface area (Å²) in [6, 6.07) is 0. The van der Waals surface area contributed by atoms with E-state index in [4.69, 9.17) is 10.8 Å². The first-order valence-electron chi connectivity index (χ1n) is 6.69. The normalized spacial score (nSPS) is 15.0. The molecule has 0 radical (unpaired) electrons. The Bertz CT molecular complexity index is 315. The van der Waals surface area contributed by atoms with Crippen LogP contribution in [0, 0.1) is 23.7 Å². The van der Waals surface area contributed by atoms with Crippen molar-refractivity contribution >= 4 is 8.32 Å². The van der Waals surface area contributed by atoms with Crippen molar-refractivity contribution in [2.24, 2.45) is 11.3 Å². The van der Waals surface area contributed by atoms with Gasteiger partial charge in [0.2, 0.25) is 0 Å². The molecule has 0 aliphatic heterocycles. The van der Waals surface area contributed by atoms with Crippen LogP contribution in [0.25, 0.3) is 0 Å². The summed E-state index contributed by atoms with van der Waals surface area (Å²) in [5.74, 6) is 3.04. The highest BCUT2D eigenvalue weighted by atomic mass is 28.4. The van der Waals surface area contributed by atoms with Crippen molar-refractivity contribution in [1.82, 2.24) is 0 Å². The summed E-state index contributed by atoms with van der Waals surface area (Å²) in [5, 5.41) is 0.231. The Morgan fingerprint density at radius 1 is 1.28 bits per heavy atom. The third-order valence-corrected chi connectivity index (χ3v) is 8.73. The van der Waals surface area contributed by atoms with Crippen LogP contribution in [0.3, 0.4) is 0 Å². The maximum Gasteiger partial charge on any atom is 0.192 e. The topological polar surface area (TPSA) is 9.23 Å². The maximum atomic E-state index is 6.24. The second-order valence-corrected chi connectivity index (χ2v) is 12.1. The summed E-state index contributed by atoms with van der Waals surface area (Å²) >= 11 is 0. The van der Waals surface area contributed by atoms with Crippen molar-refractivity contribution < 1.29 is 4.43 Å². The predicted molar refractivity (Wildman–Crippen MR) is 84.1 cm³/mol. The van der Waals surface area contributed by atoms with E-state index < -0.39 is 8.32 Å². The number of hydrogen-bond acceptors (Lipinski definition) is 1. The molecule has 0 saturated carbocycles. The molecule has 0 fully saturated rings. The summed E-state index contributed by atoms with van der Waals surface area (Å²) in [5.41, 5.74) is 0.0544. The molecule has 1 unspecified atom stereocenters. The van der Waals surface area contributed by atoms with E-state index in [9.17, 15) is 0 Å². The monoisotopic (exact) mass is 266 g/mol. The zero-order valence-electron chi connectivity index (χ0n) is 13.3. The average Bonchev–Trinajstić information content (AvgIpc) is 2.15. The fourth-order valence-corrected chi connectivity index (χ4v) is 2.54. The summed E-state index contributed by atoms with van der Waals surface area (Å²) in [6.45, 7) is 20.1. The van der Waals surface area contributed by atoms with Crippen molar-refractivity contribution in [3.63, 3.8) is 0 Å². The van der Waals surface area contributed by atoms with E-state index in [0.717, 1.165) is 6.42 Å². The van der Waals surface area contributed by atoms with Crippen LogP contribution in [0.5, 0.6) is 0 Å². The third-order valence-electron chi connectivity index (χ3n) is 4.23. The molecule has 104 valence electrons. The molecule has 0 N–H and O–H groups in total. The van der Waals surface area contributed by atoms with Crippen molar-refractivity contribution in [3.05, 3.63) is 12.7 Å². The van der Waals surface area contributed by atoms with Crippen molar-refractivity contribution in [2.75, 3.05) is 6.61 Å². The highest BCUT2D eigenvalue weighted by Crippen LogP contribution is 2.38. The highest BCUT2D eigenvalue weighted by Gasteiger charge is 2.38. The van der Waals surface area contributed by atoms with Crippen LogP contribution in [0.4, 0.5) is 0 Å². The van der Waals surface area contributed by atoms with E-state index in [1.165, 1.54) is 0 Å². The first kappa shape index (κ1) is 17.5. The molecule has 0 heterocycles. The Morgan fingerprint density at radius 3 is 2.11 bits per heavy atom. The third kappa shape index (κ3) is 4.63. The van der Waals surface area contributed by atoms with Gasteiger partial charge in [-0.05, 0) is 30.0 Å². The molecule has 0 rings (SSSR count). The lowest BCUT2D eigenvalue weighted by Gasteiger charge is -2.39. The summed E-state index contributed by atoms with van der Waals surface area (Å²) in [4.78, 5) is 0. The first-order chi connectivity index (χ1) is 7.98. The largest absolute Gasteiger partial charge is 0.416 e. The molecule has 0 aromatic carbocycles. The van der Waals surface area contributed by atoms with E-state index in [-0.39, 0.29) is 16.4 Å².